The first-order chi connectivity index (χ1) is 8.41. The number of nitro groups is 1. The molecule has 7 nitrogen and oxygen atoms in total. The number of aliphatic hydroxyl groups excluding tert-OH is 1. The van der Waals surface area contributed by atoms with E-state index < -0.39 is 21.1 Å². The lowest BCUT2D eigenvalue weighted by Crippen LogP contribution is -2.29. The fraction of sp³-hybridized carbons (Fsp3) is 0.400. The van der Waals surface area contributed by atoms with E-state index >= 15 is 0 Å². The molecule has 1 aliphatic heterocycles. The highest BCUT2D eigenvalue weighted by Crippen LogP contribution is 2.22. The number of hydrogen-bond acceptors (Lipinski definition) is 5. The minimum Gasteiger partial charge on any atom is -0.392 e. The van der Waals surface area contributed by atoms with E-state index in [0.29, 0.717) is 6.42 Å². The summed E-state index contributed by atoms with van der Waals surface area (Å²) in [7, 11) is -3.66. The standard InChI is InChI=1S/C10H12N2O5S/c13-9-5-6-11(7-9)18(16,17)10-3-1-8(2-4-10)12(14)15/h1-4,9,13H,5-7H2/t9-/m1/s1. The minimum absolute atomic E-state index is 0.00204. The average Bonchev–Trinajstić information content (AvgIpc) is 2.76. The van der Waals surface area contributed by atoms with Crippen molar-refractivity contribution in [1.29, 1.82) is 0 Å². The summed E-state index contributed by atoms with van der Waals surface area (Å²) < 4.78 is 25.4. The Morgan fingerprint density at radius 3 is 2.39 bits per heavy atom. The molecule has 1 heterocycles. The third kappa shape index (κ3) is 2.35. The Morgan fingerprint density at radius 1 is 1.33 bits per heavy atom. The normalized spacial score (nSPS) is 21.1. The zero-order chi connectivity index (χ0) is 13.3. The number of aliphatic hydroxyl groups is 1. The van der Waals surface area contributed by atoms with Crippen molar-refractivity contribution >= 4 is 15.7 Å². The van der Waals surface area contributed by atoms with Gasteiger partial charge in [-0.25, -0.2) is 8.42 Å². The molecule has 0 aliphatic carbocycles. The van der Waals surface area contributed by atoms with Gasteiger partial charge in [-0.1, -0.05) is 0 Å². The fourth-order valence-corrected chi connectivity index (χ4v) is 3.31. The van der Waals surface area contributed by atoms with Crippen LogP contribution in [0, 0.1) is 10.1 Å². The second-order valence-electron chi connectivity index (χ2n) is 4.06. The van der Waals surface area contributed by atoms with E-state index in [-0.39, 0.29) is 23.7 Å². The Hall–Kier alpha value is -1.51. The molecule has 1 aromatic rings. The molecule has 1 fully saturated rings. The number of hydrogen-bond donors (Lipinski definition) is 1. The van der Waals surface area contributed by atoms with Gasteiger partial charge in [0.05, 0.1) is 15.9 Å². The van der Waals surface area contributed by atoms with E-state index in [1.807, 2.05) is 0 Å². The van der Waals surface area contributed by atoms with Gasteiger partial charge in [-0.2, -0.15) is 4.31 Å². The monoisotopic (exact) mass is 272 g/mol. The number of nitrogens with zero attached hydrogens (tertiary/aromatic N) is 2. The average molecular weight is 272 g/mol. The van der Waals surface area contributed by atoms with Gasteiger partial charge < -0.3 is 5.11 Å². The SMILES string of the molecule is O=[N+]([O-])c1ccc(S(=O)(=O)N2CC[C@@H](O)C2)cc1. The second kappa shape index (κ2) is 4.63. The molecule has 0 aromatic heterocycles. The highest BCUT2D eigenvalue weighted by molar-refractivity contribution is 7.89. The molecule has 0 radical (unpaired) electrons. The maximum Gasteiger partial charge on any atom is 0.269 e. The van der Waals surface area contributed by atoms with Crippen LogP contribution in [0.2, 0.25) is 0 Å². The van der Waals surface area contributed by atoms with Crippen LogP contribution in [-0.2, 0) is 10.0 Å². The first-order valence-corrected chi connectivity index (χ1v) is 6.78. The van der Waals surface area contributed by atoms with E-state index in [1.165, 1.54) is 16.4 Å². The first kappa shape index (κ1) is 12.9. The molecule has 1 atom stereocenters. The van der Waals surface area contributed by atoms with Crippen molar-refractivity contribution in [3.05, 3.63) is 34.4 Å². The van der Waals surface area contributed by atoms with E-state index in [9.17, 15) is 23.6 Å². The largest absolute Gasteiger partial charge is 0.392 e. The Kier molecular flexibility index (Phi) is 3.33. The molecule has 0 amide bonds. The summed E-state index contributed by atoms with van der Waals surface area (Å²) in [6, 6.07) is 4.72. The summed E-state index contributed by atoms with van der Waals surface area (Å²) in [6.45, 7) is 0.333. The number of nitro benzene ring substituents is 1. The molecule has 1 N–H and O–H groups in total. The van der Waals surface area contributed by atoms with Gasteiger partial charge in [0.25, 0.3) is 5.69 Å². The fourth-order valence-electron chi connectivity index (χ4n) is 1.82. The summed E-state index contributed by atoms with van der Waals surface area (Å²) in [4.78, 5) is 9.89. The quantitative estimate of drug-likeness (QED) is 0.632. The van der Waals surface area contributed by atoms with Crippen LogP contribution in [0.3, 0.4) is 0 Å². The van der Waals surface area contributed by atoms with Crippen molar-refractivity contribution in [3.8, 4) is 0 Å². The third-order valence-electron chi connectivity index (χ3n) is 2.81. The van der Waals surface area contributed by atoms with Crippen molar-refractivity contribution in [1.82, 2.24) is 4.31 Å². The molecule has 98 valence electrons. The molecular formula is C10H12N2O5S. The molecule has 0 bridgehead atoms. The van der Waals surface area contributed by atoms with Gasteiger partial charge in [0, 0.05) is 25.2 Å². The maximum atomic E-state index is 12.1. The number of sulfonamides is 1. The van der Waals surface area contributed by atoms with Crippen molar-refractivity contribution in [2.75, 3.05) is 13.1 Å². The van der Waals surface area contributed by atoms with Crippen LogP contribution in [0.4, 0.5) is 5.69 Å². The Labute approximate surface area is 104 Å². The summed E-state index contributed by atoms with van der Waals surface area (Å²) >= 11 is 0. The van der Waals surface area contributed by atoms with Crippen molar-refractivity contribution in [2.24, 2.45) is 0 Å². The van der Waals surface area contributed by atoms with E-state index in [4.69, 9.17) is 0 Å². The van der Waals surface area contributed by atoms with Crippen molar-refractivity contribution in [2.45, 2.75) is 17.4 Å². The van der Waals surface area contributed by atoms with Gasteiger partial charge in [-0.3, -0.25) is 10.1 Å². The summed E-state index contributed by atoms with van der Waals surface area (Å²) in [5.74, 6) is 0. The van der Waals surface area contributed by atoms with Crippen LogP contribution >= 0.6 is 0 Å². The molecule has 1 aromatic carbocycles. The minimum atomic E-state index is -3.66. The zero-order valence-electron chi connectivity index (χ0n) is 9.39. The molecule has 0 unspecified atom stereocenters. The molecule has 0 saturated carbocycles. The molecular weight excluding hydrogens is 260 g/mol. The van der Waals surface area contributed by atoms with Crippen LogP contribution in [0.15, 0.2) is 29.2 Å². The summed E-state index contributed by atoms with van der Waals surface area (Å²) in [5, 5.41) is 19.8. The smallest absolute Gasteiger partial charge is 0.269 e. The van der Waals surface area contributed by atoms with Crippen LogP contribution in [0.1, 0.15) is 6.42 Å². The van der Waals surface area contributed by atoms with Gasteiger partial charge >= 0.3 is 0 Å². The van der Waals surface area contributed by atoms with Crippen molar-refractivity contribution < 1.29 is 18.4 Å². The van der Waals surface area contributed by atoms with Gasteiger partial charge in [0.2, 0.25) is 10.0 Å². The molecule has 1 aliphatic rings. The van der Waals surface area contributed by atoms with Gasteiger partial charge in [0.1, 0.15) is 0 Å². The lowest BCUT2D eigenvalue weighted by atomic mass is 10.3. The van der Waals surface area contributed by atoms with Crippen LogP contribution < -0.4 is 0 Å². The zero-order valence-corrected chi connectivity index (χ0v) is 10.2. The van der Waals surface area contributed by atoms with Crippen molar-refractivity contribution in [3.63, 3.8) is 0 Å². The van der Waals surface area contributed by atoms with Gasteiger partial charge in [-0.05, 0) is 18.6 Å². The van der Waals surface area contributed by atoms with E-state index in [2.05, 4.69) is 0 Å². The van der Waals surface area contributed by atoms with Crippen LogP contribution in [-0.4, -0.2) is 41.9 Å². The Morgan fingerprint density at radius 2 is 1.94 bits per heavy atom. The molecule has 8 heteroatoms. The first-order valence-electron chi connectivity index (χ1n) is 5.34. The molecule has 1 saturated heterocycles. The lowest BCUT2D eigenvalue weighted by molar-refractivity contribution is -0.384. The number of β-amino-alcohol motifs (C(OH)–C–C–N with tert-alkyl or cyclic N) is 1. The number of benzene rings is 1. The molecule has 2 rings (SSSR count). The van der Waals surface area contributed by atoms with E-state index in [1.54, 1.807) is 0 Å². The Bertz CT molecular complexity index is 554. The topological polar surface area (TPSA) is 101 Å². The molecule has 18 heavy (non-hydrogen) atoms. The van der Waals surface area contributed by atoms with Gasteiger partial charge in [-0.15, -0.1) is 0 Å². The van der Waals surface area contributed by atoms with Crippen LogP contribution in [0.5, 0.6) is 0 Å². The lowest BCUT2D eigenvalue weighted by Gasteiger charge is -2.15. The number of rotatable bonds is 3. The summed E-state index contributed by atoms with van der Waals surface area (Å²) in [6.07, 6.45) is -0.232. The maximum absolute atomic E-state index is 12.1. The van der Waals surface area contributed by atoms with E-state index in [0.717, 1.165) is 12.1 Å². The Balaban J connectivity index is 2.27. The highest BCUT2D eigenvalue weighted by Gasteiger charge is 2.31. The van der Waals surface area contributed by atoms with Gasteiger partial charge in [0.15, 0.2) is 0 Å². The molecule has 0 spiro atoms. The number of non-ortho nitro benzene ring substituents is 1. The predicted molar refractivity (Wildman–Crippen MR) is 62.5 cm³/mol. The van der Waals surface area contributed by atoms with Crippen LogP contribution in [0.25, 0.3) is 0 Å². The summed E-state index contributed by atoms with van der Waals surface area (Å²) in [5.41, 5.74) is -0.157. The third-order valence-corrected chi connectivity index (χ3v) is 4.69. The predicted octanol–water partition coefficient (Wildman–Crippen LogP) is 0.350. The second-order valence-corrected chi connectivity index (χ2v) is 5.99. The highest BCUT2D eigenvalue weighted by atomic mass is 32.2.